The Morgan fingerprint density at radius 1 is 1.12 bits per heavy atom. The number of benzene rings is 1. The molecule has 1 unspecified atom stereocenters. The lowest BCUT2D eigenvalue weighted by atomic mass is 10.1. The van der Waals surface area contributed by atoms with E-state index in [0.29, 0.717) is 17.2 Å². The van der Waals surface area contributed by atoms with Crippen LogP contribution in [-0.2, 0) is 4.79 Å². The quantitative estimate of drug-likeness (QED) is 0.633. The Morgan fingerprint density at radius 3 is 2.53 bits per heavy atom. The second-order valence-electron chi connectivity index (χ2n) is 8.20. The average molecular weight is 520 g/mol. The molecule has 0 bridgehead atoms. The molecule has 2 aromatic rings. The van der Waals surface area contributed by atoms with Crippen molar-refractivity contribution in [2.75, 3.05) is 24.5 Å². The van der Waals surface area contributed by atoms with Crippen molar-refractivity contribution in [1.29, 1.82) is 0 Å². The topological polar surface area (TPSA) is 79.0 Å². The van der Waals surface area contributed by atoms with Gasteiger partial charge in [-0.1, -0.05) is 24.2 Å². The molecular formula is C23H26BrN3O4S. The number of hydrogen-bond acceptors (Lipinski definition) is 5. The highest BCUT2D eigenvalue weighted by Crippen LogP contribution is 2.29. The van der Waals surface area contributed by atoms with Gasteiger partial charge in [-0.05, 0) is 71.6 Å². The summed E-state index contributed by atoms with van der Waals surface area (Å²) in [5.74, 6) is -0.00800. The molecule has 2 saturated heterocycles. The van der Waals surface area contributed by atoms with E-state index in [1.54, 1.807) is 17.0 Å². The van der Waals surface area contributed by atoms with Crippen molar-refractivity contribution in [2.24, 2.45) is 0 Å². The van der Waals surface area contributed by atoms with Crippen molar-refractivity contribution < 1.29 is 19.1 Å². The van der Waals surface area contributed by atoms with Crippen LogP contribution in [0.2, 0.25) is 0 Å². The van der Waals surface area contributed by atoms with Gasteiger partial charge in [0.15, 0.2) is 5.06 Å². The van der Waals surface area contributed by atoms with Crippen LogP contribution in [0.25, 0.3) is 0 Å². The van der Waals surface area contributed by atoms with Gasteiger partial charge in [0.05, 0.1) is 9.83 Å². The first-order chi connectivity index (χ1) is 15.4. The number of anilines is 1. The predicted molar refractivity (Wildman–Crippen MR) is 127 cm³/mol. The number of halogens is 1. The molecule has 0 saturated carbocycles. The van der Waals surface area contributed by atoms with E-state index in [9.17, 15) is 14.4 Å². The number of nitrogens with zero attached hydrogens (tertiary/aromatic N) is 2. The van der Waals surface area contributed by atoms with Crippen LogP contribution in [0.3, 0.4) is 0 Å². The maximum absolute atomic E-state index is 13.0. The Labute approximate surface area is 199 Å². The zero-order chi connectivity index (χ0) is 22.7. The van der Waals surface area contributed by atoms with Gasteiger partial charge in [0.25, 0.3) is 5.91 Å². The lowest BCUT2D eigenvalue weighted by Gasteiger charge is -2.23. The number of carbonyl (C=O) groups excluding carboxylic acids is 3. The molecule has 32 heavy (non-hydrogen) atoms. The van der Waals surface area contributed by atoms with Gasteiger partial charge in [-0.25, -0.2) is 4.79 Å². The average Bonchev–Trinajstić information content (AvgIpc) is 3.20. The van der Waals surface area contributed by atoms with E-state index in [1.165, 1.54) is 24.2 Å². The smallest absolute Gasteiger partial charge is 0.399 e. The van der Waals surface area contributed by atoms with Gasteiger partial charge in [0, 0.05) is 37.3 Å². The standard InChI is InChI=1S/C23H26BrN3O4S/c1-15-12-17(6-7-18(15)22(29)26-10-4-2-3-5-11-26)27-14-16(13-20(27)28)25-23(30)31-21-9-8-19(24)32-21/h6-9,12,16H,2-5,10-11,13-14H2,1H3,(H,25,30). The van der Waals surface area contributed by atoms with E-state index in [0.717, 1.165) is 41.0 Å². The molecule has 0 radical (unpaired) electrons. The molecule has 2 fully saturated rings. The van der Waals surface area contributed by atoms with Gasteiger partial charge >= 0.3 is 6.09 Å². The van der Waals surface area contributed by atoms with Gasteiger partial charge in [-0.15, -0.1) is 0 Å². The van der Waals surface area contributed by atoms with Crippen molar-refractivity contribution >= 4 is 50.9 Å². The monoisotopic (exact) mass is 519 g/mol. The van der Waals surface area contributed by atoms with Gasteiger partial charge in [-0.2, -0.15) is 0 Å². The third-order valence-electron chi connectivity index (χ3n) is 5.83. The summed E-state index contributed by atoms with van der Waals surface area (Å²) in [5, 5.41) is 3.25. The van der Waals surface area contributed by atoms with Crippen LogP contribution in [0.5, 0.6) is 5.06 Å². The third kappa shape index (κ3) is 5.32. The molecule has 1 aromatic heterocycles. The summed E-state index contributed by atoms with van der Waals surface area (Å²) in [7, 11) is 0. The number of thiophene rings is 1. The molecule has 1 aromatic carbocycles. The number of nitrogens with one attached hydrogen (secondary N) is 1. The van der Waals surface area contributed by atoms with E-state index in [4.69, 9.17) is 4.74 Å². The number of likely N-dealkylation sites (tertiary alicyclic amines) is 1. The van der Waals surface area contributed by atoms with Gasteiger partial charge in [-0.3, -0.25) is 9.59 Å². The van der Waals surface area contributed by atoms with E-state index in [2.05, 4.69) is 21.2 Å². The van der Waals surface area contributed by atoms with Crippen molar-refractivity contribution in [3.8, 4) is 5.06 Å². The fourth-order valence-corrected chi connectivity index (χ4v) is 5.39. The summed E-state index contributed by atoms with van der Waals surface area (Å²) in [6.45, 7) is 3.87. The molecule has 0 spiro atoms. The first-order valence-electron chi connectivity index (χ1n) is 10.8. The summed E-state index contributed by atoms with van der Waals surface area (Å²) in [6.07, 6.45) is 4.07. The Hall–Kier alpha value is -2.39. The van der Waals surface area contributed by atoms with E-state index < -0.39 is 6.09 Å². The summed E-state index contributed by atoms with van der Waals surface area (Å²) in [5.41, 5.74) is 2.27. The zero-order valence-corrected chi connectivity index (χ0v) is 20.3. The highest BCUT2D eigenvalue weighted by atomic mass is 79.9. The van der Waals surface area contributed by atoms with Gasteiger partial charge in [0.2, 0.25) is 5.91 Å². The molecule has 2 aliphatic rings. The molecule has 3 amide bonds. The second kappa shape index (κ2) is 10.0. The van der Waals surface area contributed by atoms with Crippen LogP contribution in [0.4, 0.5) is 10.5 Å². The van der Waals surface area contributed by atoms with Gasteiger partial charge < -0.3 is 19.9 Å². The van der Waals surface area contributed by atoms with Crippen molar-refractivity contribution in [3.63, 3.8) is 0 Å². The molecule has 1 atom stereocenters. The molecule has 9 heteroatoms. The Morgan fingerprint density at radius 2 is 1.88 bits per heavy atom. The van der Waals surface area contributed by atoms with Crippen LogP contribution in [0.15, 0.2) is 34.1 Å². The zero-order valence-electron chi connectivity index (χ0n) is 17.9. The molecule has 1 N–H and O–H groups in total. The SMILES string of the molecule is Cc1cc(N2CC(NC(=O)Oc3ccc(Br)s3)CC2=O)ccc1C(=O)N1CCCCCC1. The minimum atomic E-state index is -0.575. The number of ether oxygens (including phenoxy) is 1. The molecular weight excluding hydrogens is 494 g/mol. The maximum Gasteiger partial charge on any atom is 0.413 e. The van der Waals surface area contributed by atoms with Crippen LogP contribution < -0.4 is 15.0 Å². The van der Waals surface area contributed by atoms with Crippen LogP contribution in [0.1, 0.15) is 48.0 Å². The Balaban J connectivity index is 1.39. The first kappa shape index (κ1) is 22.8. The number of hydrogen-bond donors (Lipinski definition) is 1. The van der Waals surface area contributed by atoms with E-state index >= 15 is 0 Å². The van der Waals surface area contributed by atoms with E-state index in [1.807, 2.05) is 30.0 Å². The molecule has 7 nitrogen and oxygen atoms in total. The predicted octanol–water partition coefficient (Wildman–Crippen LogP) is 4.73. The maximum atomic E-state index is 13.0. The lowest BCUT2D eigenvalue weighted by Crippen LogP contribution is -2.38. The van der Waals surface area contributed by atoms with Crippen molar-refractivity contribution in [3.05, 3.63) is 45.2 Å². The molecule has 0 aliphatic carbocycles. The summed E-state index contributed by atoms with van der Waals surface area (Å²) in [4.78, 5) is 41.3. The number of aryl methyl sites for hydroxylation is 1. The fourth-order valence-electron chi connectivity index (χ4n) is 4.19. The van der Waals surface area contributed by atoms with Crippen LogP contribution in [-0.4, -0.2) is 48.5 Å². The first-order valence-corrected chi connectivity index (χ1v) is 12.5. The fraction of sp³-hybridized carbons (Fsp3) is 0.435. The Kier molecular flexibility index (Phi) is 7.15. The largest absolute Gasteiger partial charge is 0.413 e. The van der Waals surface area contributed by atoms with Crippen molar-refractivity contribution in [2.45, 2.75) is 45.1 Å². The van der Waals surface area contributed by atoms with Crippen LogP contribution >= 0.6 is 27.3 Å². The highest BCUT2D eigenvalue weighted by Gasteiger charge is 2.32. The lowest BCUT2D eigenvalue weighted by molar-refractivity contribution is -0.117. The summed E-state index contributed by atoms with van der Waals surface area (Å²) < 4.78 is 6.14. The summed E-state index contributed by atoms with van der Waals surface area (Å²) in [6, 6.07) is 8.69. The normalized spacial score (nSPS) is 19.1. The number of carbonyl (C=O) groups is 3. The number of amides is 3. The van der Waals surface area contributed by atoms with Gasteiger partial charge in [0.1, 0.15) is 0 Å². The molecule has 2 aliphatic heterocycles. The Bertz CT molecular complexity index is 1020. The molecule has 170 valence electrons. The second-order valence-corrected chi connectivity index (χ2v) is 10.6. The summed E-state index contributed by atoms with van der Waals surface area (Å²) >= 11 is 4.64. The third-order valence-corrected chi connectivity index (χ3v) is 7.34. The van der Waals surface area contributed by atoms with E-state index in [-0.39, 0.29) is 24.3 Å². The van der Waals surface area contributed by atoms with Crippen molar-refractivity contribution in [1.82, 2.24) is 10.2 Å². The minimum absolute atomic E-state index is 0.0613. The highest BCUT2D eigenvalue weighted by molar-refractivity contribution is 9.11. The molecule has 4 rings (SSSR count). The van der Waals surface area contributed by atoms with Crippen LogP contribution in [0, 0.1) is 6.92 Å². The molecule has 3 heterocycles. The minimum Gasteiger partial charge on any atom is -0.399 e. The number of rotatable bonds is 4.